The van der Waals surface area contributed by atoms with Gasteiger partial charge in [0.25, 0.3) is 5.69 Å². The van der Waals surface area contributed by atoms with Crippen LogP contribution in [-0.4, -0.2) is 20.9 Å². The minimum Gasteiger partial charge on any atom is -0.508 e. The third kappa shape index (κ3) is 4.48. The first kappa shape index (κ1) is 16.4. The number of nitro benzene ring substituents is 1. The van der Waals surface area contributed by atoms with Gasteiger partial charge in [-0.1, -0.05) is 12.1 Å². The van der Waals surface area contributed by atoms with Gasteiger partial charge in [0.15, 0.2) is 5.11 Å². The van der Waals surface area contributed by atoms with E-state index in [4.69, 9.17) is 12.2 Å². The van der Waals surface area contributed by atoms with Gasteiger partial charge in [0.2, 0.25) is 0 Å². The van der Waals surface area contributed by atoms with Gasteiger partial charge in [0.05, 0.1) is 10.6 Å². The van der Waals surface area contributed by atoms with Crippen molar-refractivity contribution in [3.05, 3.63) is 64.2 Å². The smallest absolute Gasteiger partial charge is 0.292 e. The number of hydrazone groups is 1. The van der Waals surface area contributed by atoms with Crippen molar-refractivity contribution in [3.8, 4) is 5.75 Å². The second-order valence-electron chi connectivity index (χ2n) is 4.58. The number of phenols is 1. The molecule has 8 heteroatoms. The third-order valence-corrected chi connectivity index (χ3v) is 3.15. The van der Waals surface area contributed by atoms with Gasteiger partial charge in [0.1, 0.15) is 11.4 Å². The minimum atomic E-state index is -0.490. The monoisotopic (exact) mass is 330 g/mol. The molecule has 0 atom stereocenters. The topological polar surface area (TPSA) is 99.8 Å². The van der Waals surface area contributed by atoms with E-state index < -0.39 is 4.92 Å². The molecule has 0 unspecified atom stereocenters. The van der Waals surface area contributed by atoms with Gasteiger partial charge >= 0.3 is 0 Å². The van der Waals surface area contributed by atoms with Gasteiger partial charge in [-0.3, -0.25) is 15.5 Å². The number of nitrogens with one attached hydrogen (secondary N) is 2. The summed E-state index contributed by atoms with van der Waals surface area (Å²) in [5, 5.41) is 27.2. The van der Waals surface area contributed by atoms with E-state index in [-0.39, 0.29) is 22.2 Å². The molecule has 0 aliphatic rings. The zero-order valence-corrected chi connectivity index (χ0v) is 13.0. The molecule has 0 aliphatic heterocycles. The molecule has 2 aromatic rings. The number of anilines is 1. The standard InChI is InChI=1S/C15H14N4O3S/c1-10(11-6-8-12(20)9-7-11)17-18-15(23)16-13-4-2-3-5-14(13)19(21)22/h2-9,20H,1H3,(H2,16,18,23)/b17-10+. The Morgan fingerprint density at radius 2 is 1.87 bits per heavy atom. The van der Waals surface area contributed by atoms with Crippen molar-refractivity contribution in [3.63, 3.8) is 0 Å². The van der Waals surface area contributed by atoms with Gasteiger partial charge < -0.3 is 10.4 Å². The van der Waals surface area contributed by atoms with Crippen molar-refractivity contribution in [2.45, 2.75) is 6.92 Å². The Morgan fingerprint density at radius 3 is 2.52 bits per heavy atom. The molecule has 2 rings (SSSR count). The first-order valence-corrected chi connectivity index (χ1v) is 7.02. The van der Waals surface area contributed by atoms with E-state index in [1.807, 2.05) is 0 Å². The molecule has 2 aromatic carbocycles. The molecule has 0 heterocycles. The van der Waals surface area contributed by atoms with Crippen LogP contribution in [0.3, 0.4) is 0 Å². The Hall–Kier alpha value is -3.00. The van der Waals surface area contributed by atoms with Crippen molar-refractivity contribution < 1.29 is 10.0 Å². The highest BCUT2D eigenvalue weighted by Crippen LogP contribution is 2.22. The highest BCUT2D eigenvalue weighted by Gasteiger charge is 2.12. The maximum atomic E-state index is 10.9. The Balaban J connectivity index is 2.04. The first-order chi connectivity index (χ1) is 11.0. The molecule has 0 aromatic heterocycles. The predicted octanol–water partition coefficient (Wildman–Crippen LogP) is 3.01. The summed E-state index contributed by atoms with van der Waals surface area (Å²) in [4.78, 5) is 10.4. The van der Waals surface area contributed by atoms with E-state index in [0.29, 0.717) is 5.71 Å². The second kappa shape index (κ2) is 7.32. The number of nitrogens with zero attached hydrogens (tertiary/aromatic N) is 2. The van der Waals surface area contributed by atoms with Crippen molar-refractivity contribution in [1.29, 1.82) is 0 Å². The van der Waals surface area contributed by atoms with Gasteiger partial charge in [0, 0.05) is 6.07 Å². The fraction of sp³-hybridized carbons (Fsp3) is 0.0667. The number of hydrogen-bond donors (Lipinski definition) is 3. The molecule has 0 saturated heterocycles. The highest BCUT2D eigenvalue weighted by molar-refractivity contribution is 7.80. The number of aromatic hydroxyl groups is 1. The summed E-state index contributed by atoms with van der Waals surface area (Å²) in [6.07, 6.45) is 0. The molecule has 7 nitrogen and oxygen atoms in total. The molecule has 23 heavy (non-hydrogen) atoms. The van der Waals surface area contributed by atoms with Crippen LogP contribution in [0.15, 0.2) is 53.6 Å². The van der Waals surface area contributed by atoms with Gasteiger partial charge in [-0.05, 0) is 55.0 Å². The zero-order valence-electron chi connectivity index (χ0n) is 12.2. The SMILES string of the molecule is C/C(=N\NC(=S)Nc1ccccc1[N+](=O)[O-])c1ccc(O)cc1. The van der Waals surface area contributed by atoms with Gasteiger partial charge in [-0.15, -0.1) is 0 Å². The predicted molar refractivity (Wildman–Crippen MR) is 92.8 cm³/mol. The molecule has 0 bridgehead atoms. The van der Waals surface area contributed by atoms with Crippen LogP contribution in [0.25, 0.3) is 0 Å². The summed E-state index contributed by atoms with van der Waals surface area (Å²) in [5.74, 6) is 0.170. The van der Waals surface area contributed by atoms with E-state index in [9.17, 15) is 15.2 Å². The van der Waals surface area contributed by atoms with Crippen LogP contribution in [0.2, 0.25) is 0 Å². The summed E-state index contributed by atoms with van der Waals surface area (Å²) in [5.41, 5.74) is 4.30. The van der Waals surface area contributed by atoms with E-state index in [1.165, 1.54) is 6.07 Å². The Bertz CT molecular complexity index is 760. The van der Waals surface area contributed by atoms with Crippen molar-refractivity contribution in [1.82, 2.24) is 5.43 Å². The lowest BCUT2D eigenvalue weighted by Gasteiger charge is -2.08. The number of rotatable bonds is 4. The largest absolute Gasteiger partial charge is 0.508 e. The number of benzene rings is 2. The Labute approximate surface area is 137 Å². The van der Waals surface area contributed by atoms with E-state index in [1.54, 1.807) is 49.4 Å². The molecule has 0 radical (unpaired) electrons. The van der Waals surface area contributed by atoms with Crippen LogP contribution < -0.4 is 10.7 Å². The number of thiocarbonyl (C=S) groups is 1. The molecule has 118 valence electrons. The van der Waals surface area contributed by atoms with Crippen LogP contribution in [0.1, 0.15) is 12.5 Å². The van der Waals surface area contributed by atoms with Crippen molar-refractivity contribution in [2.75, 3.05) is 5.32 Å². The van der Waals surface area contributed by atoms with Crippen LogP contribution >= 0.6 is 12.2 Å². The maximum Gasteiger partial charge on any atom is 0.292 e. The molecular weight excluding hydrogens is 316 g/mol. The number of para-hydroxylation sites is 2. The summed E-state index contributed by atoms with van der Waals surface area (Å²) in [6.45, 7) is 1.77. The lowest BCUT2D eigenvalue weighted by Crippen LogP contribution is -2.25. The quantitative estimate of drug-likeness (QED) is 0.345. The molecule has 0 fully saturated rings. The normalized spacial score (nSPS) is 10.9. The zero-order chi connectivity index (χ0) is 16.8. The number of phenolic OH excluding ortho intramolecular Hbond substituents is 1. The molecule has 3 N–H and O–H groups in total. The van der Waals surface area contributed by atoms with E-state index >= 15 is 0 Å². The second-order valence-corrected chi connectivity index (χ2v) is 4.99. The van der Waals surface area contributed by atoms with Crippen LogP contribution in [0.4, 0.5) is 11.4 Å². The number of nitro groups is 1. The molecule has 0 saturated carbocycles. The molecule has 0 spiro atoms. The summed E-state index contributed by atoms with van der Waals surface area (Å²) >= 11 is 5.08. The molecule has 0 amide bonds. The van der Waals surface area contributed by atoms with Crippen LogP contribution in [-0.2, 0) is 0 Å². The van der Waals surface area contributed by atoms with Gasteiger partial charge in [-0.25, -0.2) is 0 Å². The minimum absolute atomic E-state index is 0.0733. The first-order valence-electron chi connectivity index (χ1n) is 6.61. The summed E-state index contributed by atoms with van der Waals surface area (Å²) in [6, 6.07) is 12.7. The lowest BCUT2D eigenvalue weighted by molar-refractivity contribution is -0.383. The van der Waals surface area contributed by atoms with E-state index in [2.05, 4.69) is 15.8 Å². The fourth-order valence-corrected chi connectivity index (χ4v) is 1.95. The fourth-order valence-electron chi connectivity index (χ4n) is 1.79. The summed E-state index contributed by atoms with van der Waals surface area (Å²) in [7, 11) is 0. The molecular formula is C15H14N4O3S. The van der Waals surface area contributed by atoms with Crippen LogP contribution in [0, 0.1) is 10.1 Å². The summed E-state index contributed by atoms with van der Waals surface area (Å²) < 4.78 is 0. The van der Waals surface area contributed by atoms with E-state index in [0.717, 1.165) is 5.56 Å². The van der Waals surface area contributed by atoms with Crippen molar-refractivity contribution >= 4 is 34.4 Å². The lowest BCUT2D eigenvalue weighted by atomic mass is 10.1. The third-order valence-electron chi connectivity index (χ3n) is 2.96. The van der Waals surface area contributed by atoms with Crippen molar-refractivity contribution in [2.24, 2.45) is 5.10 Å². The Kier molecular flexibility index (Phi) is 5.21. The molecule has 0 aliphatic carbocycles. The van der Waals surface area contributed by atoms with Crippen LogP contribution in [0.5, 0.6) is 5.75 Å². The number of hydrogen-bond acceptors (Lipinski definition) is 5. The Morgan fingerprint density at radius 1 is 1.22 bits per heavy atom. The maximum absolute atomic E-state index is 10.9. The highest BCUT2D eigenvalue weighted by atomic mass is 32.1. The van der Waals surface area contributed by atoms with Gasteiger partial charge in [-0.2, -0.15) is 5.10 Å². The average Bonchev–Trinajstić information content (AvgIpc) is 2.53. The average molecular weight is 330 g/mol.